The molecule has 0 aromatic carbocycles. The molecule has 18 heavy (non-hydrogen) atoms. The molecule has 96 valence electrons. The number of aryl methyl sites for hydroxylation is 1. The van der Waals surface area contributed by atoms with Crippen molar-refractivity contribution in [2.24, 2.45) is 0 Å². The lowest BCUT2D eigenvalue weighted by atomic mass is 10.2. The standard InChI is InChI=1S/C12H15N3O2S/c1-8-6-18-11-10(8)13-7-14-12(11)15-2-3-17-5-9(15)4-16/h6-7,9,16H,2-5H2,1H3. The van der Waals surface area contributed by atoms with Crippen LogP contribution in [0, 0.1) is 6.92 Å². The minimum atomic E-state index is -0.0146. The van der Waals surface area contributed by atoms with Crippen LogP contribution in [0.4, 0.5) is 5.82 Å². The van der Waals surface area contributed by atoms with Crippen molar-refractivity contribution in [2.45, 2.75) is 13.0 Å². The van der Waals surface area contributed by atoms with Crippen molar-refractivity contribution in [2.75, 3.05) is 31.3 Å². The summed E-state index contributed by atoms with van der Waals surface area (Å²) in [7, 11) is 0. The van der Waals surface area contributed by atoms with E-state index in [0.29, 0.717) is 13.2 Å². The van der Waals surface area contributed by atoms with E-state index >= 15 is 0 Å². The molecule has 0 amide bonds. The molecule has 0 saturated carbocycles. The lowest BCUT2D eigenvalue weighted by molar-refractivity contribution is 0.0724. The van der Waals surface area contributed by atoms with Gasteiger partial charge in [0.15, 0.2) is 5.82 Å². The lowest BCUT2D eigenvalue weighted by Gasteiger charge is -2.35. The minimum Gasteiger partial charge on any atom is -0.394 e. The number of aliphatic hydroxyl groups is 1. The van der Waals surface area contributed by atoms with Gasteiger partial charge in [0.25, 0.3) is 0 Å². The van der Waals surface area contributed by atoms with Crippen LogP contribution in [0.1, 0.15) is 5.56 Å². The van der Waals surface area contributed by atoms with Gasteiger partial charge in [-0.1, -0.05) is 0 Å². The molecule has 0 radical (unpaired) electrons. The largest absolute Gasteiger partial charge is 0.394 e. The molecule has 0 bridgehead atoms. The van der Waals surface area contributed by atoms with E-state index in [-0.39, 0.29) is 12.6 Å². The second kappa shape index (κ2) is 4.79. The van der Waals surface area contributed by atoms with Crippen LogP contribution in [0.5, 0.6) is 0 Å². The average molecular weight is 265 g/mol. The molecule has 1 atom stereocenters. The second-order valence-electron chi connectivity index (χ2n) is 4.40. The van der Waals surface area contributed by atoms with Crippen LogP contribution in [0.3, 0.4) is 0 Å². The lowest BCUT2D eigenvalue weighted by Crippen LogP contribution is -2.48. The normalized spacial score (nSPS) is 20.6. The molecule has 1 saturated heterocycles. The fraction of sp³-hybridized carbons (Fsp3) is 0.500. The minimum absolute atomic E-state index is 0.0146. The van der Waals surface area contributed by atoms with Gasteiger partial charge in [0.05, 0.1) is 36.1 Å². The van der Waals surface area contributed by atoms with E-state index < -0.39 is 0 Å². The quantitative estimate of drug-likeness (QED) is 0.884. The Labute approximate surface area is 109 Å². The number of ether oxygens (including phenoxy) is 1. The van der Waals surface area contributed by atoms with Crippen LogP contribution in [0.15, 0.2) is 11.7 Å². The number of aromatic nitrogens is 2. The Morgan fingerprint density at radius 3 is 3.28 bits per heavy atom. The topological polar surface area (TPSA) is 58.5 Å². The molecule has 1 aliphatic heterocycles. The van der Waals surface area contributed by atoms with Crippen LogP contribution in [-0.2, 0) is 4.74 Å². The number of nitrogens with zero attached hydrogens (tertiary/aromatic N) is 3. The molecule has 6 heteroatoms. The van der Waals surface area contributed by atoms with Crippen molar-refractivity contribution in [3.05, 3.63) is 17.3 Å². The van der Waals surface area contributed by atoms with Gasteiger partial charge >= 0.3 is 0 Å². The predicted molar refractivity (Wildman–Crippen MR) is 71.2 cm³/mol. The molecule has 2 aromatic rings. The first kappa shape index (κ1) is 11.8. The highest BCUT2D eigenvalue weighted by Crippen LogP contribution is 2.32. The maximum absolute atomic E-state index is 9.44. The molecule has 1 unspecified atom stereocenters. The third kappa shape index (κ3) is 1.86. The predicted octanol–water partition coefficient (Wildman–Crippen LogP) is 1.20. The van der Waals surface area contributed by atoms with Crippen LogP contribution in [0.2, 0.25) is 0 Å². The van der Waals surface area contributed by atoms with Crippen molar-refractivity contribution in [3.63, 3.8) is 0 Å². The summed E-state index contributed by atoms with van der Waals surface area (Å²) in [5, 5.41) is 11.5. The zero-order valence-corrected chi connectivity index (χ0v) is 11.0. The average Bonchev–Trinajstić information content (AvgIpc) is 2.81. The number of hydrogen-bond acceptors (Lipinski definition) is 6. The second-order valence-corrected chi connectivity index (χ2v) is 5.28. The van der Waals surface area contributed by atoms with E-state index in [1.54, 1.807) is 17.7 Å². The van der Waals surface area contributed by atoms with Crippen LogP contribution in [0.25, 0.3) is 10.2 Å². The van der Waals surface area contributed by atoms with E-state index in [0.717, 1.165) is 22.6 Å². The first-order valence-corrected chi connectivity index (χ1v) is 6.83. The highest BCUT2D eigenvalue weighted by atomic mass is 32.1. The molecule has 3 heterocycles. The van der Waals surface area contributed by atoms with Gasteiger partial charge in [-0.25, -0.2) is 9.97 Å². The van der Waals surface area contributed by atoms with Gasteiger partial charge in [0, 0.05) is 6.54 Å². The van der Waals surface area contributed by atoms with E-state index in [2.05, 4.69) is 27.2 Å². The molecule has 1 N–H and O–H groups in total. The van der Waals surface area contributed by atoms with Gasteiger partial charge in [-0.15, -0.1) is 11.3 Å². The number of thiophene rings is 1. The smallest absolute Gasteiger partial charge is 0.150 e. The SMILES string of the molecule is Cc1csc2c(N3CCOCC3CO)ncnc12. The van der Waals surface area contributed by atoms with Gasteiger partial charge in [0.2, 0.25) is 0 Å². The number of hydrogen-bond donors (Lipinski definition) is 1. The number of fused-ring (bicyclic) bond motifs is 1. The Balaban J connectivity index is 2.07. The van der Waals surface area contributed by atoms with Gasteiger partial charge in [-0.2, -0.15) is 0 Å². The van der Waals surface area contributed by atoms with Crippen molar-refractivity contribution < 1.29 is 9.84 Å². The summed E-state index contributed by atoms with van der Waals surface area (Å²) in [6, 6.07) is -0.0146. The third-order valence-corrected chi connectivity index (χ3v) is 4.31. The summed E-state index contributed by atoms with van der Waals surface area (Å²) < 4.78 is 6.49. The Bertz CT molecular complexity index is 557. The van der Waals surface area contributed by atoms with Crippen LogP contribution >= 0.6 is 11.3 Å². The van der Waals surface area contributed by atoms with Gasteiger partial charge in [-0.05, 0) is 17.9 Å². The first-order chi connectivity index (χ1) is 8.81. The molecule has 2 aromatic heterocycles. The monoisotopic (exact) mass is 265 g/mol. The summed E-state index contributed by atoms with van der Waals surface area (Å²) in [6.07, 6.45) is 1.60. The van der Waals surface area contributed by atoms with E-state index in [4.69, 9.17) is 4.74 Å². The molecular formula is C12H15N3O2S. The van der Waals surface area contributed by atoms with Crippen LogP contribution < -0.4 is 4.90 Å². The Morgan fingerprint density at radius 2 is 2.44 bits per heavy atom. The van der Waals surface area contributed by atoms with Gasteiger partial charge in [0.1, 0.15) is 6.33 Å². The zero-order chi connectivity index (χ0) is 12.5. The molecule has 0 aliphatic carbocycles. The molecule has 3 rings (SSSR count). The van der Waals surface area contributed by atoms with Gasteiger partial charge in [-0.3, -0.25) is 0 Å². The molecule has 1 aliphatic rings. The van der Waals surface area contributed by atoms with Crippen molar-refractivity contribution >= 4 is 27.4 Å². The Morgan fingerprint density at radius 1 is 1.56 bits per heavy atom. The summed E-state index contributed by atoms with van der Waals surface area (Å²) in [5.41, 5.74) is 2.18. The summed E-state index contributed by atoms with van der Waals surface area (Å²) >= 11 is 1.66. The third-order valence-electron chi connectivity index (χ3n) is 3.22. The fourth-order valence-electron chi connectivity index (χ4n) is 2.25. The summed E-state index contributed by atoms with van der Waals surface area (Å²) in [5.74, 6) is 0.917. The van der Waals surface area contributed by atoms with E-state index in [9.17, 15) is 5.11 Å². The molecule has 1 fully saturated rings. The number of rotatable bonds is 2. The van der Waals surface area contributed by atoms with Gasteiger partial charge < -0.3 is 14.7 Å². The number of anilines is 1. The molecule has 0 spiro atoms. The maximum atomic E-state index is 9.44. The van der Waals surface area contributed by atoms with Crippen molar-refractivity contribution in [1.82, 2.24) is 9.97 Å². The van der Waals surface area contributed by atoms with Crippen molar-refractivity contribution in [1.29, 1.82) is 0 Å². The Hall–Kier alpha value is -1.24. The van der Waals surface area contributed by atoms with Crippen molar-refractivity contribution in [3.8, 4) is 0 Å². The molecular weight excluding hydrogens is 250 g/mol. The highest BCUT2D eigenvalue weighted by molar-refractivity contribution is 7.18. The number of aliphatic hydroxyl groups excluding tert-OH is 1. The summed E-state index contributed by atoms with van der Waals surface area (Å²) in [4.78, 5) is 10.9. The van der Waals surface area contributed by atoms with Crippen LogP contribution in [-0.4, -0.2) is 47.5 Å². The number of morpholine rings is 1. The zero-order valence-electron chi connectivity index (χ0n) is 10.2. The highest BCUT2D eigenvalue weighted by Gasteiger charge is 2.25. The Kier molecular flexibility index (Phi) is 3.15. The van der Waals surface area contributed by atoms with E-state index in [1.165, 1.54) is 5.56 Å². The summed E-state index contributed by atoms with van der Waals surface area (Å²) in [6.45, 7) is 4.11. The van der Waals surface area contributed by atoms with E-state index in [1.807, 2.05) is 0 Å². The maximum Gasteiger partial charge on any atom is 0.150 e. The first-order valence-electron chi connectivity index (χ1n) is 5.95. The molecule has 5 nitrogen and oxygen atoms in total. The fourth-order valence-corrected chi connectivity index (χ4v) is 3.25.